The van der Waals surface area contributed by atoms with Crippen molar-refractivity contribution >= 4 is 11.6 Å². The van der Waals surface area contributed by atoms with Gasteiger partial charge in [-0.05, 0) is 24.6 Å². The van der Waals surface area contributed by atoms with Crippen LogP contribution in [-0.4, -0.2) is 0 Å². The van der Waals surface area contributed by atoms with E-state index in [4.69, 9.17) is 11.6 Å². The fourth-order valence-corrected chi connectivity index (χ4v) is 2.08. The lowest BCUT2D eigenvalue weighted by Crippen LogP contribution is -2.03. The summed E-state index contributed by atoms with van der Waals surface area (Å²) in [5.74, 6) is -1.82. The Hall–Kier alpha value is -1.48. The zero-order valence-electron chi connectivity index (χ0n) is 9.34. The van der Waals surface area contributed by atoms with Gasteiger partial charge in [0.05, 0.1) is 5.38 Å². The Kier molecular flexibility index (Phi) is 3.92. The van der Waals surface area contributed by atoms with Gasteiger partial charge in [-0.15, -0.1) is 11.6 Å². The van der Waals surface area contributed by atoms with Gasteiger partial charge in [-0.1, -0.05) is 24.3 Å². The molecule has 94 valence electrons. The van der Waals surface area contributed by atoms with Gasteiger partial charge < -0.3 is 0 Å². The van der Waals surface area contributed by atoms with Crippen LogP contribution in [0.5, 0.6) is 0 Å². The molecular weight excluding hydrogens is 261 g/mol. The Morgan fingerprint density at radius 3 is 2.00 bits per heavy atom. The third-order valence-electron chi connectivity index (χ3n) is 2.69. The third kappa shape index (κ3) is 2.67. The van der Waals surface area contributed by atoms with Crippen molar-refractivity contribution in [2.24, 2.45) is 0 Å². The van der Waals surface area contributed by atoms with E-state index in [1.807, 2.05) is 0 Å². The molecule has 0 aliphatic rings. The first-order valence-corrected chi connectivity index (χ1v) is 5.84. The molecule has 18 heavy (non-hydrogen) atoms. The lowest BCUT2D eigenvalue weighted by Gasteiger charge is -2.12. The van der Waals surface area contributed by atoms with Gasteiger partial charge in [0.15, 0.2) is 0 Å². The van der Waals surface area contributed by atoms with Crippen molar-refractivity contribution in [2.45, 2.75) is 11.8 Å². The molecule has 1 unspecified atom stereocenters. The molecule has 0 aromatic heterocycles. The Labute approximate surface area is 108 Å². The van der Waals surface area contributed by atoms with Crippen molar-refractivity contribution in [3.8, 4) is 0 Å². The summed E-state index contributed by atoms with van der Waals surface area (Å²) in [5.41, 5.74) is 0.113. The van der Waals surface area contributed by atoms with Crippen LogP contribution in [0.3, 0.4) is 0 Å². The SMILES string of the molecule is Fc1ccccc1C(Cl)Cc1c(F)cccc1F. The number of hydrogen-bond acceptors (Lipinski definition) is 0. The molecule has 0 N–H and O–H groups in total. The van der Waals surface area contributed by atoms with Crippen LogP contribution in [0.2, 0.25) is 0 Å². The van der Waals surface area contributed by atoms with Crippen LogP contribution in [0.4, 0.5) is 13.2 Å². The van der Waals surface area contributed by atoms with Gasteiger partial charge in [0.2, 0.25) is 0 Å². The first-order valence-electron chi connectivity index (χ1n) is 5.41. The highest BCUT2D eigenvalue weighted by molar-refractivity contribution is 6.20. The van der Waals surface area contributed by atoms with Crippen molar-refractivity contribution in [1.29, 1.82) is 0 Å². The van der Waals surface area contributed by atoms with Gasteiger partial charge in [-0.2, -0.15) is 0 Å². The number of alkyl halides is 1. The average molecular weight is 271 g/mol. The van der Waals surface area contributed by atoms with Gasteiger partial charge in [-0.3, -0.25) is 0 Å². The van der Waals surface area contributed by atoms with E-state index in [2.05, 4.69) is 0 Å². The summed E-state index contributed by atoms with van der Waals surface area (Å²) in [7, 11) is 0. The topological polar surface area (TPSA) is 0 Å². The van der Waals surface area contributed by atoms with Crippen LogP contribution in [0.25, 0.3) is 0 Å². The minimum Gasteiger partial charge on any atom is -0.207 e. The summed E-state index contributed by atoms with van der Waals surface area (Å²) in [6.45, 7) is 0. The van der Waals surface area contributed by atoms with E-state index in [1.54, 1.807) is 6.07 Å². The van der Waals surface area contributed by atoms with Crippen molar-refractivity contribution in [3.63, 3.8) is 0 Å². The molecule has 0 fully saturated rings. The fourth-order valence-electron chi connectivity index (χ4n) is 1.75. The number of hydrogen-bond donors (Lipinski definition) is 0. The summed E-state index contributed by atoms with van der Waals surface area (Å²) in [5, 5.41) is -0.808. The molecule has 0 saturated heterocycles. The first kappa shape index (κ1) is 13.0. The van der Waals surface area contributed by atoms with Gasteiger partial charge in [0, 0.05) is 11.1 Å². The van der Waals surface area contributed by atoms with E-state index in [0.717, 1.165) is 12.1 Å². The molecule has 0 aliphatic heterocycles. The van der Waals surface area contributed by atoms with Crippen molar-refractivity contribution < 1.29 is 13.2 Å². The molecule has 0 radical (unpaired) electrons. The Bertz CT molecular complexity index is 534. The predicted octanol–water partition coefficient (Wildman–Crippen LogP) is 4.63. The normalized spacial score (nSPS) is 12.4. The number of halogens is 4. The molecule has 0 nitrogen and oxygen atoms in total. The third-order valence-corrected chi connectivity index (χ3v) is 3.08. The van der Waals surface area contributed by atoms with Gasteiger partial charge in [-0.25, -0.2) is 13.2 Å². The molecule has 1 atom stereocenters. The van der Waals surface area contributed by atoms with Crippen LogP contribution < -0.4 is 0 Å². The molecular formula is C14H10ClF3. The average Bonchev–Trinajstić information content (AvgIpc) is 2.34. The van der Waals surface area contributed by atoms with E-state index in [-0.39, 0.29) is 17.5 Å². The highest BCUT2D eigenvalue weighted by Crippen LogP contribution is 2.28. The summed E-state index contributed by atoms with van der Waals surface area (Å²) < 4.78 is 40.3. The first-order chi connectivity index (χ1) is 8.59. The largest absolute Gasteiger partial charge is 0.207 e. The molecule has 2 aromatic rings. The second-order valence-corrected chi connectivity index (χ2v) is 4.42. The quantitative estimate of drug-likeness (QED) is 0.714. The summed E-state index contributed by atoms with van der Waals surface area (Å²) in [6, 6.07) is 9.53. The van der Waals surface area contributed by atoms with Gasteiger partial charge in [0.25, 0.3) is 0 Å². The van der Waals surface area contributed by atoms with E-state index in [1.165, 1.54) is 24.3 Å². The molecule has 0 heterocycles. The van der Waals surface area contributed by atoms with Crippen LogP contribution in [-0.2, 0) is 6.42 Å². The lowest BCUT2D eigenvalue weighted by molar-refractivity contribution is 0.548. The molecule has 2 aromatic carbocycles. The molecule has 0 saturated carbocycles. The Balaban J connectivity index is 2.27. The minimum absolute atomic E-state index is 0.0962. The molecule has 4 heteroatoms. The summed E-state index contributed by atoms with van der Waals surface area (Å²) in [6.07, 6.45) is -0.0962. The van der Waals surface area contributed by atoms with Gasteiger partial charge in [0.1, 0.15) is 17.5 Å². The smallest absolute Gasteiger partial charge is 0.129 e. The van der Waals surface area contributed by atoms with Gasteiger partial charge >= 0.3 is 0 Å². The van der Waals surface area contributed by atoms with E-state index < -0.39 is 22.8 Å². The summed E-state index contributed by atoms with van der Waals surface area (Å²) >= 11 is 6.02. The monoisotopic (exact) mass is 270 g/mol. The zero-order valence-corrected chi connectivity index (χ0v) is 10.1. The van der Waals surface area contributed by atoms with Crippen molar-refractivity contribution in [3.05, 3.63) is 71.0 Å². The highest BCUT2D eigenvalue weighted by Gasteiger charge is 2.17. The molecule has 0 amide bonds. The van der Waals surface area contributed by atoms with Crippen LogP contribution >= 0.6 is 11.6 Å². The lowest BCUT2D eigenvalue weighted by atomic mass is 10.0. The Morgan fingerprint density at radius 1 is 0.833 bits per heavy atom. The fraction of sp³-hybridized carbons (Fsp3) is 0.143. The molecule has 2 rings (SSSR count). The minimum atomic E-state index is -0.808. The van der Waals surface area contributed by atoms with Crippen LogP contribution in [0, 0.1) is 17.5 Å². The number of rotatable bonds is 3. The maximum absolute atomic E-state index is 13.5. The predicted molar refractivity (Wildman–Crippen MR) is 65.1 cm³/mol. The zero-order chi connectivity index (χ0) is 13.1. The standard InChI is InChI=1S/C14H10ClF3/c15-11(9-4-1-2-5-12(9)16)8-10-13(17)6-3-7-14(10)18/h1-7,11H,8H2. The highest BCUT2D eigenvalue weighted by atomic mass is 35.5. The summed E-state index contributed by atoms with van der Waals surface area (Å²) in [4.78, 5) is 0. The van der Waals surface area contributed by atoms with Crippen molar-refractivity contribution in [2.75, 3.05) is 0 Å². The van der Waals surface area contributed by atoms with E-state index in [9.17, 15) is 13.2 Å². The molecule has 0 spiro atoms. The van der Waals surface area contributed by atoms with E-state index >= 15 is 0 Å². The number of benzene rings is 2. The van der Waals surface area contributed by atoms with E-state index in [0.29, 0.717) is 0 Å². The maximum atomic E-state index is 13.5. The Morgan fingerprint density at radius 2 is 1.39 bits per heavy atom. The van der Waals surface area contributed by atoms with Crippen LogP contribution in [0.15, 0.2) is 42.5 Å². The molecule has 0 bridgehead atoms. The van der Waals surface area contributed by atoms with Crippen LogP contribution in [0.1, 0.15) is 16.5 Å². The second-order valence-electron chi connectivity index (χ2n) is 3.89. The van der Waals surface area contributed by atoms with Crippen molar-refractivity contribution in [1.82, 2.24) is 0 Å². The second kappa shape index (κ2) is 5.44. The maximum Gasteiger partial charge on any atom is 0.129 e. The molecule has 0 aliphatic carbocycles.